The van der Waals surface area contributed by atoms with Crippen molar-refractivity contribution in [2.75, 3.05) is 0 Å². The van der Waals surface area contributed by atoms with Crippen molar-refractivity contribution in [3.63, 3.8) is 0 Å². The van der Waals surface area contributed by atoms with Gasteiger partial charge in [-0.1, -0.05) is 26.0 Å². The molecule has 1 aliphatic carbocycles. The zero-order valence-corrected chi connectivity index (χ0v) is 8.88. The molecule has 0 atom stereocenters. The first-order valence-corrected chi connectivity index (χ1v) is 5.87. The molecule has 3 nitrogen and oxygen atoms in total. The van der Waals surface area contributed by atoms with Crippen LogP contribution in [0.2, 0.25) is 0 Å². The molecular formula is C10H11NO2S. The first-order valence-electron chi connectivity index (χ1n) is 4.33. The van der Waals surface area contributed by atoms with Crippen LogP contribution < -0.4 is 0 Å². The van der Waals surface area contributed by atoms with E-state index in [1.54, 1.807) is 12.2 Å². The zero-order valence-electron chi connectivity index (χ0n) is 8.06. The van der Waals surface area contributed by atoms with Crippen molar-refractivity contribution in [1.29, 1.82) is 0 Å². The Morgan fingerprint density at radius 2 is 1.86 bits per heavy atom. The van der Waals surface area contributed by atoms with Gasteiger partial charge in [0.2, 0.25) is 9.84 Å². The maximum absolute atomic E-state index is 11.5. The summed E-state index contributed by atoms with van der Waals surface area (Å²) in [6, 6.07) is 0. The quantitative estimate of drug-likeness (QED) is 0.610. The minimum absolute atomic E-state index is 0.116. The Hall–Kier alpha value is -1.16. The van der Waals surface area contributed by atoms with Gasteiger partial charge in [-0.2, -0.15) is 0 Å². The molecule has 74 valence electrons. The Kier molecular flexibility index (Phi) is 1.79. The second kappa shape index (κ2) is 2.67. The Labute approximate surface area is 83.5 Å². The predicted molar refractivity (Wildman–Crippen MR) is 56.5 cm³/mol. The Morgan fingerprint density at radius 1 is 1.21 bits per heavy atom. The van der Waals surface area contributed by atoms with E-state index in [-0.39, 0.29) is 5.41 Å². The molecule has 0 radical (unpaired) electrons. The molecule has 2 rings (SSSR count). The third-order valence-electron chi connectivity index (χ3n) is 2.22. The van der Waals surface area contributed by atoms with Crippen molar-refractivity contribution < 1.29 is 8.42 Å². The number of allylic oxidation sites excluding steroid dienone is 4. The van der Waals surface area contributed by atoms with E-state index in [1.807, 2.05) is 26.0 Å². The summed E-state index contributed by atoms with van der Waals surface area (Å²) in [5, 5.41) is 0. The molecule has 0 aromatic carbocycles. The SMILES string of the molecule is CC1(C)C=CC2=C(C=C1)S(=O)(=O)C=N2. The number of hydrogen-bond acceptors (Lipinski definition) is 3. The molecule has 0 amide bonds. The zero-order chi connectivity index (χ0) is 10.4. The third-order valence-corrected chi connectivity index (χ3v) is 3.57. The Bertz CT molecular complexity index is 490. The van der Waals surface area contributed by atoms with Crippen LogP contribution in [0.25, 0.3) is 0 Å². The minimum Gasteiger partial charge on any atom is -0.243 e. The predicted octanol–water partition coefficient (Wildman–Crippen LogP) is 1.81. The van der Waals surface area contributed by atoms with Crippen LogP contribution in [0.15, 0.2) is 39.9 Å². The lowest BCUT2D eigenvalue weighted by Gasteiger charge is -2.12. The smallest absolute Gasteiger partial charge is 0.219 e. The lowest BCUT2D eigenvalue weighted by atomic mass is 9.93. The van der Waals surface area contributed by atoms with Gasteiger partial charge in [0.15, 0.2) is 0 Å². The van der Waals surface area contributed by atoms with Crippen LogP contribution in [0.3, 0.4) is 0 Å². The molecule has 1 aliphatic heterocycles. The largest absolute Gasteiger partial charge is 0.243 e. The second-order valence-corrected chi connectivity index (χ2v) is 5.76. The highest BCUT2D eigenvalue weighted by Gasteiger charge is 2.25. The van der Waals surface area contributed by atoms with E-state index in [9.17, 15) is 8.42 Å². The van der Waals surface area contributed by atoms with Gasteiger partial charge in [0.1, 0.15) is 5.55 Å². The highest BCUT2D eigenvalue weighted by atomic mass is 32.2. The van der Waals surface area contributed by atoms with Gasteiger partial charge < -0.3 is 0 Å². The second-order valence-electron chi connectivity index (χ2n) is 4.02. The van der Waals surface area contributed by atoms with Crippen molar-refractivity contribution in [3.8, 4) is 0 Å². The van der Waals surface area contributed by atoms with Crippen molar-refractivity contribution in [3.05, 3.63) is 34.9 Å². The number of aliphatic imine (C=N–C) groups is 1. The molecule has 0 saturated carbocycles. The van der Waals surface area contributed by atoms with Crippen LogP contribution in [0, 0.1) is 5.41 Å². The monoisotopic (exact) mass is 209 g/mol. The topological polar surface area (TPSA) is 46.5 Å². The Balaban J connectivity index is 2.58. The summed E-state index contributed by atoms with van der Waals surface area (Å²) in [4.78, 5) is 4.17. The van der Waals surface area contributed by atoms with Crippen molar-refractivity contribution in [1.82, 2.24) is 0 Å². The maximum atomic E-state index is 11.5. The van der Waals surface area contributed by atoms with E-state index in [4.69, 9.17) is 0 Å². The fraction of sp³-hybridized carbons (Fsp3) is 0.300. The average molecular weight is 209 g/mol. The molecule has 0 bridgehead atoms. The molecule has 0 saturated heterocycles. The van der Waals surface area contributed by atoms with E-state index in [2.05, 4.69) is 4.99 Å². The lowest BCUT2D eigenvalue weighted by molar-refractivity contribution is 0.614. The van der Waals surface area contributed by atoms with E-state index >= 15 is 0 Å². The van der Waals surface area contributed by atoms with Crippen LogP contribution in [0.4, 0.5) is 0 Å². The fourth-order valence-corrected chi connectivity index (χ4v) is 2.37. The van der Waals surface area contributed by atoms with Gasteiger partial charge in [0.25, 0.3) is 0 Å². The first-order chi connectivity index (χ1) is 6.41. The van der Waals surface area contributed by atoms with Crippen LogP contribution in [-0.2, 0) is 9.84 Å². The summed E-state index contributed by atoms with van der Waals surface area (Å²) in [6.07, 6.45) is 7.22. The standard InChI is InChI=1S/C10H11NO2S/c1-10(2)5-3-8-9(4-6-10)14(12,13)7-11-8/h3-7H,1-2H3. The number of sulfone groups is 1. The van der Waals surface area contributed by atoms with Crippen LogP contribution in [-0.4, -0.2) is 14.0 Å². The summed E-state index contributed by atoms with van der Waals surface area (Å²) in [7, 11) is -3.27. The van der Waals surface area contributed by atoms with Crippen molar-refractivity contribution >= 4 is 15.4 Å². The van der Waals surface area contributed by atoms with Gasteiger partial charge >= 0.3 is 0 Å². The van der Waals surface area contributed by atoms with E-state index in [0.29, 0.717) is 10.6 Å². The fourth-order valence-electron chi connectivity index (χ4n) is 1.34. The van der Waals surface area contributed by atoms with E-state index in [0.717, 1.165) is 5.55 Å². The molecule has 0 fully saturated rings. The van der Waals surface area contributed by atoms with E-state index in [1.165, 1.54) is 0 Å². The van der Waals surface area contributed by atoms with Gasteiger partial charge in [-0.05, 0) is 12.2 Å². The highest BCUT2D eigenvalue weighted by molar-refractivity contribution is 8.08. The molecule has 4 heteroatoms. The van der Waals surface area contributed by atoms with Gasteiger partial charge in [-0.25, -0.2) is 13.4 Å². The maximum Gasteiger partial charge on any atom is 0.219 e. The molecule has 0 aromatic rings. The van der Waals surface area contributed by atoms with Gasteiger partial charge in [-0.15, -0.1) is 0 Å². The van der Waals surface area contributed by atoms with Crippen LogP contribution in [0.5, 0.6) is 0 Å². The molecule has 2 aliphatic rings. The number of hydrogen-bond donors (Lipinski definition) is 0. The normalized spacial score (nSPS) is 26.4. The summed E-state index contributed by atoms with van der Waals surface area (Å²) in [5.41, 5.74) is 1.42. The number of nitrogens with zero attached hydrogens (tertiary/aromatic N) is 1. The van der Waals surface area contributed by atoms with Gasteiger partial charge in [0.05, 0.1) is 10.6 Å². The van der Waals surface area contributed by atoms with E-state index < -0.39 is 9.84 Å². The summed E-state index contributed by atoms with van der Waals surface area (Å²) in [6.45, 7) is 4.02. The molecule has 0 unspecified atom stereocenters. The van der Waals surface area contributed by atoms with Gasteiger partial charge in [0, 0.05) is 5.41 Å². The molecule has 0 aromatic heterocycles. The summed E-state index contributed by atoms with van der Waals surface area (Å²) >= 11 is 0. The Morgan fingerprint density at radius 3 is 2.57 bits per heavy atom. The third kappa shape index (κ3) is 1.46. The molecule has 0 spiro atoms. The number of rotatable bonds is 0. The van der Waals surface area contributed by atoms with Crippen molar-refractivity contribution in [2.24, 2.45) is 10.4 Å². The molecule has 1 heterocycles. The van der Waals surface area contributed by atoms with Crippen LogP contribution >= 0.6 is 0 Å². The lowest BCUT2D eigenvalue weighted by Crippen LogP contribution is -2.02. The summed E-state index contributed by atoms with van der Waals surface area (Å²) in [5.74, 6) is 0. The van der Waals surface area contributed by atoms with Crippen LogP contribution in [0.1, 0.15) is 13.8 Å². The molecular weight excluding hydrogens is 198 g/mol. The highest BCUT2D eigenvalue weighted by Crippen LogP contribution is 2.30. The van der Waals surface area contributed by atoms with Gasteiger partial charge in [-0.3, -0.25) is 0 Å². The molecule has 14 heavy (non-hydrogen) atoms. The minimum atomic E-state index is -3.27. The molecule has 0 N–H and O–H groups in total. The summed E-state index contributed by atoms with van der Waals surface area (Å²) < 4.78 is 22.9. The van der Waals surface area contributed by atoms with Crippen molar-refractivity contribution in [2.45, 2.75) is 13.8 Å². The average Bonchev–Trinajstić information content (AvgIpc) is 2.23. The first kappa shape index (κ1) is 9.40.